The molecule has 1 aliphatic heterocycles. The number of anilines is 1. The van der Waals surface area contributed by atoms with Crippen LogP contribution < -0.4 is 14.4 Å². The van der Waals surface area contributed by atoms with Crippen LogP contribution in [0.3, 0.4) is 0 Å². The van der Waals surface area contributed by atoms with Crippen LogP contribution in [0.1, 0.15) is 5.56 Å². The van der Waals surface area contributed by atoms with E-state index in [9.17, 15) is 4.79 Å². The Morgan fingerprint density at radius 2 is 1.85 bits per heavy atom. The van der Waals surface area contributed by atoms with Crippen LogP contribution in [0, 0.1) is 0 Å². The number of thiocarbonyl (C=S) groups is 1. The van der Waals surface area contributed by atoms with Crippen LogP contribution in [0.2, 0.25) is 10.0 Å². The fraction of sp³-hybridized carbons (Fsp3) is 0.111. The van der Waals surface area contributed by atoms with Crippen molar-refractivity contribution in [1.82, 2.24) is 0 Å². The Labute approximate surface area is 170 Å². The summed E-state index contributed by atoms with van der Waals surface area (Å²) in [5.74, 6) is 1.04. The lowest BCUT2D eigenvalue weighted by Crippen LogP contribution is -2.27. The first-order valence-electron chi connectivity index (χ1n) is 7.39. The number of hydrogen-bond acceptors (Lipinski definition) is 5. The van der Waals surface area contributed by atoms with Crippen LogP contribution >= 0.6 is 47.2 Å². The molecule has 1 saturated heterocycles. The summed E-state index contributed by atoms with van der Waals surface area (Å²) in [5.41, 5.74) is 1.33. The van der Waals surface area contributed by atoms with E-state index >= 15 is 0 Å². The van der Waals surface area contributed by atoms with Crippen LogP contribution in [0.4, 0.5) is 5.69 Å². The van der Waals surface area contributed by atoms with Gasteiger partial charge in [0.2, 0.25) is 0 Å². The van der Waals surface area contributed by atoms with Gasteiger partial charge in [-0.15, -0.1) is 0 Å². The number of hydrogen-bond donors (Lipinski definition) is 0. The van der Waals surface area contributed by atoms with E-state index in [-0.39, 0.29) is 5.91 Å². The van der Waals surface area contributed by atoms with Gasteiger partial charge < -0.3 is 9.47 Å². The third kappa shape index (κ3) is 3.69. The lowest BCUT2D eigenvalue weighted by molar-refractivity contribution is -0.113. The van der Waals surface area contributed by atoms with Crippen LogP contribution in [-0.4, -0.2) is 24.4 Å². The molecule has 1 aliphatic rings. The molecule has 134 valence electrons. The van der Waals surface area contributed by atoms with E-state index in [1.54, 1.807) is 50.6 Å². The van der Waals surface area contributed by atoms with Gasteiger partial charge >= 0.3 is 0 Å². The molecule has 0 aromatic heterocycles. The summed E-state index contributed by atoms with van der Waals surface area (Å²) < 4.78 is 11.0. The van der Waals surface area contributed by atoms with Crippen LogP contribution in [0.5, 0.6) is 11.5 Å². The SMILES string of the molecule is COc1ccc(/C=C2/SC(=S)N(c3ccc(Cl)c(Cl)c3)C2=O)c(OC)c1. The highest BCUT2D eigenvalue weighted by Gasteiger charge is 2.33. The predicted molar refractivity (Wildman–Crippen MR) is 112 cm³/mol. The van der Waals surface area contributed by atoms with Gasteiger partial charge in [0, 0.05) is 11.6 Å². The highest BCUT2D eigenvalue weighted by Crippen LogP contribution is 2.39. The molecule has 0 N–H and O–H groups in total. The van der Waals surface area contributed by atoms with E-state index < -0.39 is 0 Å². The van der Waals surface area contributed by atoms with Crippen molar-refractivity contribution >= 4 is 69.2 Å². The number of amides is 1. The fourth-order valence-corrected chi connectivity index (χ4v) is 3.98. The quantitative estimate of drug-likeness (QED) is 0.483. The second-order valence-corrected chi connectivity index (χ2v) is 7.71. The Morgan fingerprint density at radius 1 is 1.08 bits per heavy atom. The van der Waals surface area contributed by atoms with Crippen molar-refractivity contribution in [2.45, 2.75) is 0 Å². The highest BCUT2D eigenvalue weighted by molar-refractivity contribution is 8.27. The number of halogens is 2. The number of rotatable bonds is 4. The van der Waals surface area contributed by atoms with Crippen LogP contribution in [0.15, 0.2) is 41.3 Å². The van der Waals surface area contributed by atoms with Crippen molar-refractivity contribution < 1.29 is 14.3 Å². The summed E-state index contributed by atoms with van der Waals surface area (Å²) in [7, 11) is 3.14. The third-order valence-corrected chi connectivity index (χ3v) is 5.72. The molecule has 3 rings (SSSR count). The summed E-state index contributed by atoms with van der Waals surface area (Å²) in [6.45, 7) is 0. The lowest BCUT2D eigenvalue weighted by atomic mass is 10.1. The summed E-state index contributed by atoms with van der Waals surface area (Å²) in [6.07, 6.45) is 1.75. The molecule has 0 atom stereocenters. The minimum absolute atomic E-state index is 0.226. The average molecular weight is 426 g/mol. The maximum atomic E-state index is 12.8. The number of methoxy groups -OCH3 is 2. The second-order valence-electron chi connectivity index (χ2n) is 5.22. The Bertz CT molecular complexity index is 931. The second kappa shape index (κ2) is 7.88. The summed E-state index contributed by atoms with van der Waals surface area (Å²) in [4.78, 5) is 14.8. The normalized spacial score (nSPS) is 15.7. The maximum Gasteiger partial charge on any atom is 0.270 e. The zero-order valence-electron chi connectivity index (χ0n) is 13.8. The molecule has 0 saturated carbocycles. The molecule has 8 heteroatoms. The first kappa shape index (κ1) is 19.0. The standard InChI is InChI=1S/C18H13Cl2NO3S2/c1-23-12-5-3-10(15(9-12)24-2)7-16-17(22)21(18(25)26-16)11-4-6-13(19)14(20)8-11/h3-9H,1-2H3/b16-7+. The van der Waals surface area contributed by atoms with Crippen molar-refractivity contribution in [2.24, 2.45) is 0 Å². The lowest BCUT2D eigenvalue weighted by Gasteiger charge is -2.15. The molecule has 2 aromatic rings. The van der Waals surface area contributed by atoms with Gasteiger partial charge in [-0.25, -0.2) is 0 Å². The summed E-state index contributed by atoms with van der Waals surface area (Å²) >= 11 is 18.6. The molecule has 0 unspecified atom stereocenters. The van der Waals surface area contributed by atoms with Gasteiger partial charge in [-0.05, 0) is 36.4 Å². The topological polar surface area (TPSA) is 38.8 Å². The van der Waals surface area contributed by atoms with Crippen molar-refractivity contribution in [2.75, 3.05) is 19.1 Å². The van der Waals surface area contributed by atoms with Crippen LogP contribution in [0.25, 0.3) is 6.08 Å². The van der Waals surface area contributed by atoms with Crippen molar-refractivity contribution in [3.05, 3.63) is 56.9 Å². The summed E-state index contributed by atoms with van der Waals surface area (Å²) in [5, 5.41) is 0.776. The van der Waals surface area contributed by atoms with Crippen molar-refractivity contribution in [3.63, 3.8) is 0 Å². The van der Waals surface area contributed by atoms with E-state index in [1.807, 2.05) is 6.07 Å². The number of benzene rings is 2. The fourth-order valence-electron chi connectivity index (χ4n) is 2.39. The van der Waals surface area contributed by atoms with E-state index in [1.165, 1.54) is 16.7 Å². The Hall–Kier alpha value is -1.73. The first-order valence-corrected chi connectivity index (χ1v) is 9.37. The predicted octanol–water partition coefficient (Wildman–Crippen LogP) is 5.42. The molecule has 0 spiro atoms. The number of thioether (sulfide) groups is 1. The minimum Gasteiger partial charge on any atom is -0.497 e. The third-order valence-electron chi connectivity index (χ3n) is 3.68. The highest BCUT2D eigenvalue weighted by atomic mass is 35.5. The molecule has 1 heterocycles. The number of carbonyl (C=O) groups excluding carboxylic acids is 1. The number of nitrogens with zero attached hydrogens (tertiary/aromatic N) is 1. The van der Waals surface area contributed by atoms with E-state index in [0.29, 0.717) is 36.5 Å². The van der Waals surface area contributed by atoms with Gasteiger partial charge in [-0.2, -0.15) is 0 Å². The number of ether oxygens (including phenoxy) is 2. The zero-order chi connectivity index (χ0) is 18.8. The smallest absolute Gasteiger partial charge is 0.270 e. The summed E-state index contributed by atoms with van der Waals surface area (Å²) in [6, 6.07) is 10.3. The van der Waals surface area contributed by atoms with Gasteiger partial charge in [0.25, 0.3) is 5.91 Å². The van der Waals surface area contributed by atoms with Gasteiger partial charge in [-0.3, -0.25) is 9.69 Å². The molecule has 2 aromatic carbocycles. The van der Waals surface area contributed by atoms with Crippen molar-refractivity contribution in [1.29, 1.82) is 0 Å². The van der Waals surface area contributed by atoms with E-state index in [2.05, 4.69) is 0 Å². The van der Waals surface area contributed by atoms with Gasteiger partial charge in [0.15, 0.2) is 4.32 Å². The number of carbonyl (C=O) groups is 1. The largest absolute Gasteiger partial charge is 0.497 e. The molecule has 0 aliphatic carbocycles. The Balaban J connectivity index is 1.96. The molecule has 0 radical (unpaired) electrons. The maximum absolute atomic E-state index is 12.8. The Kier molecular flexibility index (Phi) is 5.77. The molecule has 4 nitrogen and oxygen atoms in total. The van der Waals surface area contributed by atoms with Crippen molar-refractivity contribution in [3.8, 4) is 11.5 Å². The van der Waals surface area contributed by atoms with Gasteiger partial charge in [0.05, 0.1) is 34.9 Å². The minimum atomic E-state index is -0.226. The zero-order valence-corrected chi connectivity index (χ0v) is 16.9. The molecular weight excluding hydrogens is 413 g/mol. The van der Waals surface area contributed by atoms with Crippen LogP contribution in [-0.2, 0) is 4.79 Å². The monoisotopic (exact) mass is 425 g/mol. The molecular formula is C18H13Cl2NO3S2. The average Bonchev–Trinajstić information content (AvgIpc) is 2.91. The molecule has 26 heavy (non-hydrogen) atoms. The molecule has 1 amide bonds. The Morgan fingerprint density at radius 3 is 2.50 bits per heavy atom. The van der Waals surface area contributed by atoms with Gasteiger partial charge in [0.1, 0.15) is 11.5 Å². The van der Waals surface area contributed by atoms with Gasteiger partial charge in [-0.1, -0.05) is 47.2 Å². The molecule has 1 fully saturated rings. The van der Waals surface area contributed by atoms with E-state index in [4.69, 9.17) is 44.9 Å². The first-order chi connectivity index (χ1) is 12.4. The molecule has 0 bridgehead atoms. The van der Waals surface area contributed by atoms with E-state index in [0.717, 1.165) is 5.56 Å².